The van der Waals surface area contributed by atoms with E-state index in [1.165, 1.54) is 22.6 Å². The standard InChI is InChI=1S/C15H25NS/c1-12(2)10-17-11-15(16-4)9-14-8-6-5-7-13(14)3/h5-8,12,15-16H,9-11H2,1-4H3. The molecule has 0 bridgehead atoms. The summed E-state index contributed by atoms with van der Waals surface area (Å²) in [6.45, 7) is 6.76. The van der Waals surface area contributed by atoms with Crippen LogP contribution in [0.25, 0.3) is 0 Å². The Kier molecular flexibility index (Phi) is 6.68. The van der Waals surface area contributed by atoms with E-state index in [2.05, 4.69) is 69.2 Å². The summed E-state index contributed by atoms with van der Waals surface area (Å²) in [7, 11) is 2.07. The molecule has 0 saturated heterocycles. The molecule has 2 heteroatoms. The smallest absolute Gasteiger partial charge is 0.0195 e. The van der Waals surface area contributed by atoms with Crippen molar-refractivity contribution in [1.82, 2.24) is 5.32 Å². The molecule has 0 aliphatic carbocycles. The molecular weight excluding hydrogens is 226 g/mol. The Morgan fingerprint density at radius 3 is 2.47 bits per heavy atom. The molecule has 96 valence electrons. The first-order valence-corrected chi connectivity index (χ1v) is 7.58. The monoisotopic (exact) mass is 251 g/mol. The lowest BCUT2D eigenvalue weighted by atomic mass is 10.0. The lowest BCUT2D eigenvalue weighted by Gasteiger charge is -2.17. The minimum atomic E-state index is 0.583. The minimum absolute atomic E-state index is 0.583. The van der Waals surface area contributed by atoms with Gasteiger partial charge < -0.3 is 5.32 Å². The zero-order chi connectivity index (χ0) is 12.7. The Morgan fingerprint density at radius 1 is 1.18 bits per heavy atom. The van der Waals surface area contributed by atoms with E-state index in [1.54, 1.807) is 0 Å². The van der Waals surface area contributed by atoms with Crippen molar-refractivity contribution in [3.8, 4) is 0 Å². The molecule has 0 heterocycles. The van der Waals surface area contributed by atoms with Crippen molar-refractivity contribution in [3.05, 3.63) is 35.4 Å². The number of nitrogens with one attached hydrogen (secondary N) is 1. The van der Waals surface area contributed by atoms with Crippen molar-refractivity contribution in [2.45, 2.75) is 33.2 Å². The van der Waals surface area contributed by atoms with Crippen LogP contribution in [-0.4, -0.2) is 24.6 Å². The third kappa shape index (κ3) is 5.60. The van der Waals surface area contributed by atoms with Gasteiger partial charge in [0.15, 0.2) is 0 Å². The van der Waals surface area contributed by atoms with Crippen molar-refractivity contribution < 1.29 is 0 Å². The molecule has 0 radical (unpaired) electrons. The molecule has 1 N–H and O–H groups in total. The highest BCUT2D eigenvalue weighted by Gasteiger charge is 2.09. The van der Waals surface area contributed by atoms with Crippen LogP contribution in [0.5, 0.6) is 0 Å². The van der Waals surface area contributed by atoms with Crippen molar-refractivity contribution in [2.24, 2.45) is 5.92 Å². The summed E-state index contributed by atoms with van der Waals surface area (Å²) in [4.78, 5) is 0. The van der Waals surface area contributed by atoms with Gasteiger partial charge in [-0.3, -0.25) is 0 Å². The molecule has 0 saturated carbocycles. The van der Waals surface area contributed by atoms with Gasteiger partial charge in [-0.2, -0.15) is 11.8 Å². The van der Waals surface area contributed by atoms with E-state index >= 15 is 0 Å². The van der Waals surface area contributed by atoms with Crippen molar-refractivity contribution in [2.75, 3.05) is 18.6 Å². The molecule has 1 unspecified atom stereocenters. The number of benzene rings is 1. The molecule has 1 aromatic rings. The van der Waals surface area contributed by atoms with E-state index in [0.717, 1.165) is 12.3 Å². The third-order valence-electron chi connectivity index (χ3n) is 2.91. The van der Waals surface area contributed by atoms with Crippen LogP contribution >= 0.6 is 11.8 Å². The topological polar surface area (TPSA) is 12.0 Å². The van der Waals surface area contributed by atoms with Crippen molar-refractivity contribution >= 4 is 11.8 Å². The molecule has 0 amide bonds. The summed E-state index contributed by atoms with van der Waals surface area (Å²) < 4.78 is 0. The maximum Gasteiger partial charge on any atom is 0.0195 e. The normalized spacial score (nSPS) is 13.0. The Morgan fingerprint density at radius 2 is 1.88 bits per heavy atom. The first-order chi connectivity index (χ1) is 8.13. The Bertz CT molecular complexity index is 322. The Labute approximate surface area is 110 Å². The van der Waals surface area contributed by atoms with E-state index in [4.69, 9.17) is 0 Å². The van der Waals surface area contributed by atoms with Crippen LogP contribution in [-0.2, 0) is 6.42 Å². The molecule has 0 aliphatic rings. The molecule has 0 spiro atoms. The van der Waals surface area contributed by atoms with Gasteiger partial charge in [0, 0.05) is 11.8 Å². The second-order valence-electron chi connectivity index (χ2n) is 5.05. The average molecular weight is 251 g/mol. The summed E-state index contributed by atoms with van der Waals surface area (Å²) in [6.07, 6.45) is 1.13. The van der Waals surface area contributed by atoms with Crippen molar-refractivity contribution in [3.63, 3.8) is 0 Å². The first kappa shape index (κ1) is 14.6. The van der Waals surface area contributed by atoms with Crippen LogP contribution < -0.4 is 5.32 Å². The second-order valence-corrected chi connectivity index (χ2v) is 6.12. The molecule has 0 fully saturated rings. The van der Waals surface area contributed by atoms with Crippen LogP contribution in [0.2, 0.25) is 0 Å². The molecule has 17 heavy (non-hydrogen) atoms. The number of hydrogen-bond donors (Lipinski definition) is 1. The van der Waals surface area contributed by atoms with Crippen LogP contribution in [0.4, 0.5) is 0 Å². The highest BCUT2D eigenvalue weighted by Crippen LogP contribution is 2.14. The highest BCUT2D eigenvalue weighted by molar-refractivity contribution is 7.99. The summed E-state index contributed by atoms with van der Waals surface area (Å²) in [6, 6.07) is 9.27. The largest absolute Gasteiger partial charge is 0.316 e. The molecular formula is C15H25NS. The van der Waals surface area contributed by atoms with Crippen LogP contribution in [0.3, 0.4) is 0 Å². The number of rotatable bonds is 7. The van der Waals surface area contributed by atoms with Gasteiger partial charge in [0.05, 0.1) is 0 Å². The van der Waals surface area contributed by atoms with Gasteiger partial charge in [0.2, 0.25) is 0 Å². The Hall–Kier alpha value is -0.470. The van der Waals surface area contributed by atoms with Gasteiger partial charge >= 0.3 is 0 Å². The molecule has 1 aromatic carbocycles. The van der Waals surface area contributed by atoms with E-state index in [-0.39, 0.29) is 0 Å². The number of likely N-dealkylation sites (N-methyl/N-ethyl adjacent to an activating group) is 1. The maximum absolute atomic E-state index is 3.43. The third-order valence-corrected chi connectivity index (χ3v) is 4.45. The predicted molar refractivity (Wildman–Crippen MR) is 79.9 cm³/mol. The van der Waals surface area contributed by atoms with Crippen molar-refractivity contribution in [1.29, 1.82) is 0 Å². The SMILES string of the molecule is CNC(CSCC(C)C)Cc1ccccc1C. The fourth-order valence-electron chi connectivity index (χ4n) is 1.79. The minimum Gasteiger partial charge on any atom is -0.316 e. The molecule has 1 nitrogen and oxygen atoms in total. The van der Waals surface area contributed by atoms with E-state index in [9.17, 15) is 0 Å². The summed E-state index contributed by atoms with van der Waals surface area (Å²) in [5, 5.41) is 3.43. The van der Waals surface area contributed by atoms with Gasteiger partial charge in [-0.05, 0) is 43.2 Å². The van der Waals surface area contributed by atoms with Gasteiger partial charge in [0.25, 0.3) is 0 Å². The average Bonchev–Trinajstić information content (AvgIpc) is 2.30. The first-order valence-electron chi connectivity index (χ1n) is 6.43. The van der Waals surface area contributed by atoms with Gasteiger partial charge in [-0.15, -0.1) is 0 Å². The van der Waals surface area contributed by atoms with Crippen LogP contribution in [0.15, 0.2) is 24.3 Å². The molecule has 0 aliphatic heterocycles. The lowest BCUT2D eigenvalue weighted by molar-refractivity contribution is 0.614. The fraction of sp³-hybridized carbons (Fsp3) is 0.600. The maximum atomic E-state index is 3.43. The number of hydrogen-bond acceptors (Lipinski definition) is 2. The zero-order valence-electron chi connectivity index (χ0n) is 11.5. The number of aryl methyl sites for hydroxylation is 1. The second kappa shape index (κ2) is 7.78. The highest BCUT2D eigenvalue weighted by atomic mass is 32.2. The Balaban J connectivity index is 2.44. The van der Waals surface area contributed by atoms with Crippen LogP contribution in [0.1, 0.15) is 25.0 Å². The van der Waals surface area contributed by atoms with Gasteiger partial charge in [0.1, 0.15) is 0 Å². The van der Waals surface area contributed by atoms with E-state index in [1.807, 2.05) is 0 Å². The predicted octanol–water partition coefficient (Wildman–Crippen LogP) is 3.51. The van der Waals surface area contributed by atoms with E-state index in [0.29, 0.717) is 6.04 Å². The van der Waals surface area contributed by atoms with Gasteiger partial charge in [-0.1, -0.05) is 38.1 Å². The van der Waals surface area contributed by atoms with E-state index < -0.39 is 0 Å². The van der Waals surface area contributed by atoms with Crippen LogP contribution in [0, 0.1) is 12.8 Å². The summed E-state index contributed by atoms with van der Waals surface area (Å²) >= 11 is 2.06. The molecule has 1 atom stereocenters. The zero-order valence-corrected chi connectivity index (χ0v) is 12.3. The summed E-state index contributed by atoms with van der Waals surface area (Å²) in [5.74, 6) is 3.24. The fourth-order valence-corrected chi connectivity index (χ4v) is 2.97. The number of thioether (sulfide) groups is 1. The lowest BCUT2D eigenvalue weighted by Crippen LogP contribution is -2.30. The quantitative estimate of drug-likeness (QED) is 0.796. The molecule has 0 aromatic heterocycles. The molecule has 1 rings (SSSR count). The summed E-state index contributed by atoms with van der Waals surface area (Å²) in [5.41, 5.74) is 2.87. The van der Waals surface area contributed by atoms with Gasteiger partial charge in [-0.25, -0.2) is 0 Å².